The third-order valence-electron chi connectivity index (χ3n) is 5.95. The first-order chi connectivity index (χ1) is 14.6. The maximum Gasteiger partial charge on any atom is 0.220 e. The number of rotatable bonds is 9. The third kappa shape index (κ3) is 6.23. The van der Waals surface area contributed by atoms with Gasteiger partial charge in [-0.25, -0.2) is 0 Å². The van der Waals surface area contributed by atoms with E-state index in [0.29, 0.717) is 30.9 Å². The summed E-state index contributed by atoms with van der Waals surface area (Å²) >= 11 is 0. The lowest BCUT2D eigenvalue weighted by Crippen LogP contribution is -2.33. The van der Waals surface area contributed by atoms with E-state index in [4.69, 9.17) is 9.47 Å². The molecule has 5 heteroatoms. The number of hydrogen-bond donors (Lipinski definition) is 1. The number of likely N-dealkylation sites (tertiary alicyclic amines) is 1. The lowest BCUT2D eigenvalue weighted by molar-refractivity contribution is -0.121. The first kappa shape index (κ1) is 22.2. The summed E-state index contributed by atoms with van der Waals surface area (Å²) in [4.78, 5) is 15.0. The van der Waals surface area contributed by atoms with Gasteiger partial charge in [0.25, 0.3) is 0 Å². The lowest BCUT2D eigenvalue weighted by atomic mass is 9.98. The fourth-order valence-corrected chi connectivity index (χ4v) is 3.92. The fourth-order valence-electron chi connectivity index (χ4n) is 3.92. The van der Waals surface area contributed by atoms with Gasteiger partial charge < -0.3 is 14.8 Å². The molecule has 5 nitrogen and oxygen atoms in total. The van der Waals surface area contributed by atoms with Crippen molar-refractivity contribution in [3.8, 4) is 11.5 Å². The van der Waals surface area contributed by atoms with Crippen LogP contribution in [0.25, 0.3) is 0 Å². The third-order valence-corrected chi connectivity index (χ3v) is 5.95. The molecule has 1 fully saturated rings. The molecular formula is C25H34N2O3. The maximum atomic E-state index is 12.4. The van der Waals surface area contributed by atoms with E-state index in [1.807, 2.05) is 24.3 Å². The molecule has 1 N–H and O–H groups in total. The molecule has 30 heavy (non-hydrogen) atoms. The summed E-state index contributed by atoms with van der Waals surface area (Å²) in [5.74, 6) is 2.29. The number of nitrogens with one attached hydrogen (secondary N) is 1. The van der Waals surface area contributed by atoms with E-state index in [-0.39, 0.29) is 5.91 Å². The number of methoxy groups -OCH3 is 2. The second-order valence-electron chi connectivity index (χ2n) is 8.19. The molecule has 0 unspecified atom stereocenters. The Morgan fingerprint density at radius 3 is 2.43 bits per heavy atom. The maximum absolute atomic E-state index is 12.4. The van der Waals surface area contributed by atoms with Crippen molar-refractivity contribution in [2.75, 3.05) is 27.3 Å². The van der Waals surface area contributed by atoms with Gasteiger partial charge in [-0.1, -0.05) is 37.3 Å². The minimum Gasteiger partial charge on any atom is -0.493 e. The van der Waals surface area contributed by atoms with Crippen LogP contribution < -0.4 is 14.8 Å². The van der Waals surface area contributed by atoms with E-state index < -0.39 is 0 Å². The van der Waals surface area contributed by atoms with Crippen LogP contribution in [0, 0.1) is 5.92 Å². The van der Waals surface area contributed by atoms with Gasteiger partial charge in [0.05, 0.1) is 14.2 Å². The van der Waals surface area contributed by atoms with E-state index >= 15 is 0 Å². The Hall–Kier alpha value is -2.53. The average molecular weight is 411 g/mol. The molecule has 1 aliphatic heterocycles. The van der Waals surface area contributed by atoms with Crippen LogP contribution in [-0.4, -0.2) is 38.1 Å². The Morgan fingerprint density at radius 1 is 1.03 bits per heavy atom. The van der Waals surface area contributed by atoms with Crippen LogP contribution in [-0.2, 0) is 24.3 Å². The minimum absolute atomic E-state index is 0.0615. The number of nitrogens with zero attached hydrogens (tertiary/aromatic N) is 1. The van der Waals surface area contributed by atoms with Crippen LogP contribution >= 0.6 is 0 Å². The van der Waals surface area contributed by atoms with Crippen molar-refractivity contribution < 1.29 is 14.3 Å². The van der Waals surface area contributed by atoms with Crippen molar-refractivity contribution in [2.45, 2.75) is 45.7 Å². The van der Waals surface area contributed by atoms with Crippen LogP contribution in [0.5, 0.6) is 11.5 Å². The molecule has 1 aliphatic rings. The van der Waals surface area contributed by atoms with Crippen LogP contribution in [0.4, 0.5) is 0 Å². The van der Waals surface area contributed by atoms with Crippen molar-refractivity contribution in [1.29, 1.82) is 0 Å². The van der Waals surface area contributed by atoms with Crippen molar-refractivity contribution in [2.24, 2.45) is 5.92 Å². The highest BCUT2D eigenvalue weighted by atomic mass is 16.5. The smallest absolute Gasteiger partial charge is 0.220 e. The predicted octanol–water partition coefficient (Wildman–Crippen LogP) is 4.18. The summed E-state index contributed by atoms with van der Waals surface area (Å²) in [6.07, 6.45) is 3.66. The number of ether oxygens (including phenoxy) is 2. The molecule has 3 rings (SSSR count). The summed E-state index contributed by atoms with van der Waals surface area (Å²) < 4.78 is 10.6. The molecule has 0 radical (unpaired) electrons. The zero-order chi connectivity index (χ0) is 21.3. The van der Waals surface area contributed by atoms with Gasteiger partial charge in [0.2, 0.25) is 5.91 Å². The molecule has 2 aromatic rings. The minimum atomic E-state index is 0.0615. The van der Waals surface area contributed by atoms with Crippen molar-refractivity contribution >= 4 is 5.91 Å². The Morgan fingerprint density at radius 2 is 1.73 bits per heavy atom. The van der Waals surface area contributed by atoms with E-state index in [9.17, 15) is 4.79 Å². The van der Waals surface area contributed by atoms with Crippen molar-refractivity contribution in [3.05, 3.63) is 59.2 Å². The quantitative estimate of drug-likeness (QED) is 0.674. The SMILES string of the molecule is COc1ccc(CCC(=O)NCc2ccccc2CN2CCC(C)CC2)cc1OC. The van der Waals surface area contributed by atoms with E-state index in [1.54, 1.807) is 14.2 Å². The Labute approximate surface area is 180 Å². The number of benzene rings is 2. The van der Waals surface area contributed by atoms with E-state index in [2.05, 4.69) is 35.3 Å². The summed E-state index contributed by atoms with van der Waals surface area (Å²) in [7, 11) is 3.24. The predicted molar refractivity (Wildman–Crippen MR) is 120 cm³/mol. The molecule has 0 spiro atoms. The second-order valence-corrected chi connectivity index (χ2v) is 8.19. The molecule has 0 saturated carbocycles. The topological polar surface area (TPSA) is 50.8 Å². The van der Waals surface area contributed by atoms with Crippen molar-refractivity contribution in [3.63, 3.8) is 0 Å². The average Bonchev–Trinajstić information content (AvgIpc) is 2.78. The monoisotopic (exact) mass is 410 g/mol. The number of aryl methyl sites for hydroxylation is 1. The highest BCUT2D eigenvalue weighted by Gasteiger charge is 2.17. The normalized spacial score (nSPS) is 15.0. The molecule has 0 aliphatic carbocycles. The molecule has 2 aromatic carbocycles. The first-order valence-electron chi connectivity index (χ1n) is 10.9. The van der Waals surface area contributed by atoms with Gasteiger partial charge in [-0.2, -0.15) is 0 Å². The second kappa shape index (κ2) is 11.0. The Bertz CT molecular complexity index is 829. The van der Waals surface area contributed by atoms with Gasteiger partial charge in [-0.15, -0.1) is 0 Å². The number of piperidine rings is 1. The van der Waals surface area contributed by atoms with Crippen LogP contribution in [0.2, 0.25) is 0 Å². The number of amides is 1. The van der Waals surface area contributed by atoms with E-state index in [1.165, 1.54) is 24.0 Å². The van der Waals surface area contributed by atoms with Crippen LogP contribution in [0.1, 0.15) is 42.9 Å². The summed E-state index contributed by atoms with van der Waals surface area (Å²) in [6.45, 7) is 6.19. The van der Waals surface area contributed by atoms with Crippen LogP contribution in [0.3, 0.4) is 0 Å². The summed E-state index contributed by atoms with van der Waals surface area (Å²) in [5, 5.41) is 3.09. The van der Waals surface area contributed by atoms with Crippen molar-refractivity contribution in [1.82, 2.24) is 10.2 Å². The zero-order valence-electron chi connectivity index (χ0n) is 18.4. The number of carbonyl (C=O) groups is 1. The highest BCUT2D eigenvalue weighted by molar-refractivity contribution is 5.76. The lowest BCUT2D eigenvalue weighted by Gasteiger charge is -2.30. The van der Waals surface area contributed by atoms with Gasteiger partial charge in [0, 0.05) is 19.5 Å². The zero-order valence-corrected chi connectivity index (χ0v) is 18.4. The van der Waals surface area contributed by atoms with Gasteiger partial charge in [0.15, 0.2) is 11.5 Å². The first-order valence-corrected chi connectivity index (χ1v) is 10.9. The molecule has 1 heterocycles. The number of carbonyl (C=O) groups excluding carboxylic acids is 1. The Kier molecular flexibility index (Phi) is 8.14. The van der Waals surface area contributed by atoms with Gasteiger partial charge >= 0.3 is 0 Å². The summed E-state index contributed by atoms with van der Waals surface area (Å²) in [6, 6.07) is 14.2. The molecule has 0 atom stereocenters. The molecule has 0 aromatic heterocycles. The largest absolute Gasteiger partial charge is 0.493 e. The van der Waals surface area contributed by atoms with Gasteiger partial charge in [0.1, 0.15) is 0 Å². The van der Waals surface area contributed by atoms with Gasteiger partial charge in [-0.3, -0.25) is 9.69 Å². The van der Waals surface area contributed by atoms with E-state index in [0.717, 1.165) is 31.1 Å². The highest BCUT2D eigenvalue weighted by Crippen LogP contribution is 2.28. The fraction of sp³-hybridized carbons (Fsp3) is 0.480. The number of hydrogen-bond acceptors (Lipinski definition) is 4. The summed E-state index contributed by atoms with van der Waals surface area (Å²) in [5.41, 5.74) is 3.57. The van der Waals surface area contributed by atoms with Gasteiger partial charge in [-0.05, 0) is 67.1 Å². The molecule has 1 amide bonds. The molecule has 1 saturated heterocycles. The van der Waals surface area contributed by atoms with Crippen LogP contribution in [0.15, 0.2) is 42.5 Å². The molecule has 0 bridgehead atoms. The molecular weight excluding hydrogens is 376 g/mol. The standard InChI is InChI=1S/C25H34N2O3/c1-19-12-14-27(15-13-19)18-22-7-5-4-6-21(22)17-26-25(28)11-9-20-8-10-23(29-2)24(16-20)30-3/h4-8,10,16,19H,9,11-15,17-18H2,1-3H3,(H,26,28). The molecule has 162 valence electrons. The Balaban J connectivity index is 1.50.